The third kappa shape index (κ3) is 3.14. The van der Waals surface area contributed by atoms with Gasteiger partial charge in [0.1, 0.15) is 5.75 Å². The van der Waals surface area contributed by atoms with Gasteiger partial charge in [-0.3, -0.25) is 4.79 Å². The monoisotopic (exact) mass is 418 g/mol. The van der Waals surface area contributed by atoms with Gasteiger partial charge in [0.15, 0.2) is 4.91 Å². The van der Waals surface area contributed by atoms with E-state index in [1.54, 1.807) is 41.2 Å². The van der Waals surface area contributed by atoms with Crippen LogP contribution < -0.4 is 9.64 Å². The van der Waals surface area contributed by atoms with E-state index in [2.05, 4.69) is 0 Å². The van der Waals surface area contributed by atoms with E-state index in [-0.39, 0.29) is 9.80 Å². The van der Waals surface area contributed by atoms with Crippen LogP contribution in [-0.2, 0) is 14.6 Å². The van der Waals surface area contributed by atoms with E-state index < -0.39 is 15.7 Å². The minimum Gasteiger partial charge on any atom is -0.497 e. The summed E-state index contributed by atoms with van der Waals surface area (Å²) in [5.74, 6) is 0.154. The molecule has 0 bridgehead atoms. The lowest BCUT2D eigenvalue weighted by Crippen LogP contribution is -2.35. The maximum Gasteiger partial charge on any atom is 0.267 e. The van der Waals surface area contributed by atoms with E-state index in [1.807, 2.05) is 6.07 Å². The molecule has 2 heterocycles. The minimum atomic E-state index is -3.95. The molecule has 8 heteroatoms. The predicted octanol–water partition coefficient (Wildman–Crippen LogP) is 3.74. The van der Waals surface area contributed by atoms with Gasteiger partial charge < -0.3 is 14.5 Å². The zero-order chi connectivity index (χ0) is 19.9. The molecule has 4 rings (SSSR count). The molecule has 0 radical (unpaired) electrons. The van der Waals surface area contributed by atoms with Crippen molar-refractivity contribution in [3.8, 4) is 5.75 Å². The number of methoxy groups -OCH3 is 1. The van der Waals surface area contributed by atoms with Crippen molar-refractivity contribution in [1.29, 1.82) is 0 Å². The van der Waals surface area contributed by atoms with Gasteiger partial charge in [0.05, 0.1) is 17.7 Å². The summed E-state index contributed by atoms with van der Waals surface area (Å²) in [5, 5.41) is 0.407. The Balaban J connectivity index is 1.90. The topological polar surface area (TPSA) is 66.9 Å². The smallest absolute Gasteiger partial charge is 0.267 e. The van der Waals surface area contributed by atoms with E-state index in [0.717, 1.165) is 12.8 Å². The second-order valence-corrected chi connectivity index (χ2v) is 9.00. The quantitative estimate of drug-likeness (QED) is 0.759. The van der Waals surface area contributed by atoms with Crippen molar-refractivity contribution < 1.29 is 17.9 Å². The van der Waals surface area contributed by atoms with E-state index in [9.17, 15) is 13.2 Å². The van der Waals surface area contributed by atoms with E-state index >= 15 is 0 Å². The number of amides is 1. The number of likely N-dealkylation sites (tertiary alicyclic amines) is 1. The van der Waals surface area contributed by atoms with E-state index in [1.165, 1.54) is 18.3 Å². The number of carbonyl (C=O) groups excluding carboxylic acids is 1. The van der Waals surface area contributed by atoms with Crippen molar-refractivity contribution in [2.75, 3.05) is 25.1 Å². The molecule has 0 spiro atoms. The number of ether oxygens (including phenoxy) is 1. The Hall–Kier alpha value is -2.51. The van der Waals surface area contributed by atoms with Crippen molar-refractivity contribution >= 4 is 38.7 Å². The van der Waals surface area contributed by atoms with Crippen molar-refractivity contribution in [3.05, 3.63) is 58.6 Å². The Bertz CT molecular complexity index is 1080. The lowest BCUT2D eigenvalue weighted by molar-refractivity contribution is -0.125. The molecule has 1 saturated heterocycles. The molecular formula is C20H19ClN2O4S. The number of sulfone groups is 1. The Kier molecular flexibility index (Phi) is 4.81. The molecule has 0 unspecified atom stereocenters. The molecule has 1 fully saturated rings. The summed E-state index contributed by atoms with van der Waals surface area (Å²) in [4.78, 5) is 16.1. The van der Waals surface area contributed by atoms with Gasteiger partial charge in [0.25, 0.3) is 5.91 Å². The SMILES string of the molecule is COc1cccc(N2C=C(C(=O)N3CCCC3)S(=O)(=O)c3ccc(Cl)cc32)c1. The molecule has 2 aromatic rings. The number of fused-ring (bicyclic) bond motifs is 1. The van der Waals surface area contributed by atoms with Gasteiger partial charge in [-0.2, -0.15) is 0 Å². The highest BCUT2D eigenvalue weighted by molar-refractivity contribution is 7.96. The zero-order valence-corrected chi connectivity index (χ0v) is 16.8. The van der Waals surface area contributed by atoms with E-state index in [4.69, 9.17) is 16.3 Å². The van der Waals surface area contributed by atoms with Crippen LogP contribution in [0.4, 0.5) is 11.4 Å². The summed E-state index contributed by atoms with van der Waals surface area (Å²) in [5.41, 5.74) is 1.07. The van der Waals surface area contributed by atoms with Crippen molar-refractivity contribution in [2.45, 2.75) is 17.7 Å². The average Bonchev–Trinajstić information content (AvgIpc) is 3.22. The van der Waals surface area contributed by atoms with Crippen LogP contribution in [0.15, 0.2) is 58.5 Å². The number of halogens is 1. The fourth-order valence-electron chi connectivity index (χ4n) is 3.50. The molecule has 2 aromatic carbocycles. The highest BCUT2D eigenvalue weighted by Gasteiger charge is 2.38. The fraction of sp³-hybridized carbons (Fsp3) is 0.250. The Morgan fingerprint density at radius 1 is 1.11 bits per heavy atom. The standard InChI is InChI=1S/C20H19ClN2O4S/c1-27-16-6-4-5-15(12-16)23-13-19(20(24)22-9-2-3-10-22)28(25,26)18-8-7-14(21)11-17(18)23/h4-8,11-13H,2-3,9-10H2,1H3. The molecule has 0 saturated carbocycles. The van der Waals surface area contributed by atoms with Gasteiger partial charge in [0.2, 0.25) is 9.84 Å². The molecule has 1 amide bonds. The first-order valence-electron chi connectivity index (χ1n) is 8.91. The summed E-state index contributed by atoms with van der Waals surface area (Å²) >= 11 is 6.14. The largest absolute Gasteiger partial charge is 0.497 e. The Labute approximate surface area is 168 Å². The number of hydrogen-bond acceptors (Lipinski definition) is 5. The second kappa shape index (κ2) is 7.14. The van der Waals surface area contributed by atoms with Crippen molar-refractivity contribution in [3.63, 3.8) is 0 Å². The van der Waals surface area contributed by atoms with Gasteiger partial charge in [-0.15, -0.1) is 0 Å². The summed E-state index contributed by atoms with van der Waals surface area (Å²) < 4.78 is 31.7. The first-order chi connectivity index (χ1) is 13.4. The Morgan fingerprint density at radius 2 is 1.86 bits per heavy atom. The lowest BCUT2D eigenvalue weighted by atomic mass is 10.2. The van der Waals surface area contributed by atoms with Crippen molar-refractivity contribution in [2.24, 2.45) is 0 Å². The summed E-state index contributed by atoms with van der Waals surface area (Å²) in [6, 6.07) is 11.7. The second-order valence-electron chi connectivity index (χ2n) is 6.68. The van der Waals surface area contributed by atoms with Crippen LogP contribution >= 0.6 is 11.6 Å². The van der Waals surface area contributed by atoms with Gasteiger partial charge in [0, 0.05) is 36.1 Å². The number of hydrogen-bond donors (Lipinski definition) is 0. The van der Waals surface area contributed by atoms with Crippen LogP contribution in [0.3, 0.4) is 0 Å². The van der Waals surface area contributed by atoms with Crippen LogP contribution in [0.1, 0.15) is 12.8 Å². The van der Waals surface area contributed by atoms with Crippen LogP contribution in [0.5, 0.6) is 5.75 Å². The van der Waals surface area contributed by atoms with Crippen LogP contribution in [0.25, 0.3) is 0 Å². The van der Waals surface area contributed by atoms with Gasteiger partial charge in [-0.05, 0) is 43.2 Å². The maximum absolute atomic E-state index is 13.2. The van der Waals surface area contributed by atoms with E-state index in [0.29, 0.717) is 35.2 Å². The van der Waals surface area contributed by atoms with Crippen molar-refractivity contribution in [1.82, 2.24) is 4.90 Å². The summed E-state index contributed by atoms with van der Waals surface area (Å²) in [6.07, 6.45) is 3.15. The average molecular weight is 419 g/mol. The highest BCUT2D eigenvalue weighted by atomic mass is 35.5. The first kappa shape index (κ1) is 18.8. The molecule has 6 nitrogen and oxygen atoms in total. The van der Waals surface area contributed by atoms with Gasteiger partial charge in [-0.25, -0.2) is 8.42 Å². The van der Waals surface area contributed by atoms with Crippen LogP contribution in [0.2, 0.25) is 5.02 Å². The normalized spacial score (nSPS) is 17.9. The predicted molar refractivity (Wildman–Crippen MR) is 108 cm³/mol. The molecule has 2 aliphatic heterocycles. The lowest BCUT2D eigenvalue weighted by Gasteiger charge is -2.30. The highest BCUT2D eigenvalue weighted by Crippen LogP contribution is 2.42. The third-order valence-corrected chi connectivity index (χ3v) is 6.96. The summed E-state index contributed by atoms with van der Waals surface area (Å²) in [6.45, 7) is 1.14. The molecule has 146 valence electrons. The van der Waals surface area contributed by atoms with Gasteiger partial charge in [-0.1, -0.05) is 17.7 Å². The molecule has 0 aromatic heterocycles. The third-order valence-electron chi connectivity index (χ3n) is 4.94. The number of anilines is 2. The fourth-order valence-corrected chi connectivity index (χ4v) is 5.19. The van der Waals surface area contributed by atoms with Gasteiger partial charge >= 0.3 is 0 Å². The molecule has 0 atom stereocenters. The molecule has 0 N–H and O–H groups in total. The van der Waals surface area contributed by atoms with Crippen LogP contribution in [-0.4, -0.2) is 39.4 Å². The number of rotatable bonds is 3. The maximum atomic E-state index is 13.2. The first-order valence-corrected chi connectivity index (χ1v) is 10.8. The molecule has 0 aliphatic carbocycles. The molecule has 2 aliphatic rings. The van der Waals surface area contributed by atoms with Crippen LogP contribution in [0, 0.1) is 0 Å². The Morgan fingerprint density at radius 3 is 2.57 bits per heavy atom. The molecule has 28 heavy (non-hydrogen) atoms. The summed E-state index contributed by atoms with van der Waals surface area (Å²) in [7, 11) is -2.40. The zero-order valence-electron chi connectivity index (χ0n) is 15.3. The molecular weight excluding hydrogens is 400 g/mol. The number of nitrogens with zero attached hydrogens (tertiary/aromatic N) is 2. The number of benzene rings is 2. The minimum absolute atomic E-state index is 0.0600. The number of carbonyl (C=O) groups is 1.